The van der Waals surface area contributed by atoms with E-state index in [1.807, 2.05) is 0 Å². The van der Waals surface area contributed by atoms with Crippen LogP contribution < -0.4 is 5.73 Å². The van der Waals surface area contributed by atoms with Crippen molar-refractivity contribution in [1.82, 2.24) is 0 Å². The molecular formula is C15H19N. The first kappa shape index (κ1) is 11.2. The maximum Gasteiger partial charge on any atom is 0.00162 e. The lowest BCUT2D eigenvalue weighted by atomic mass is 9.93. The molecule has 0 aliphatic rings. The molecule has 0 spiro atoms. The number of fused-ring (bicyclic) bond motifs is 1. The van der Waals surface area contributed by atoms with Gasteiger partial charge in [0.25, 0.3) is 0 Å². The number of nitrogens with two attached hydrogens (primary N) is 1. The fourth-order valence-electron chi connectivity index (χ4n) is 2.21. The van der Waals surface area contributed by atoms with Crippen LogP contribution in [-0.2, 0) is 0 Å². The standard InChI is InChI=1S/C15H19N/c1-11(9-12(2)16)14-8-7-13-5-3-4-6-15(13)10-14/h3-8,10-12H,9,16H2,1-2H3. The van der Waals surface area contributed by atoms with Gasteiger partial charge in [0.2, 0.25) is 0 Å². The van der Waals surface area contributed by atoms with Crippen molar-refractivity contribution in [3.05, 3.63) is 48.0 Å². The third-order valence-electron chi connectivity index (χ3n) is 3.07. The summed E-state index contributed by atoms with van der Waals surface area (Å²) in [5.41, 5.74) is 7.23. The van der Waals surface area contributed by atoms with Crippen LogP contribution in [0.15, 0.2) is 42.5 Å². The zero-order valence-electron chi connectivity index (χ0n) is 9.98. The average molecular weight is 213 g/mol. The number of hydrogen-bond acceptors (Lipinski definition) is 1. The highest BCUT2D eigenvalue weighted by Crippen LogP contribution is 2.24. The largest absolute Gasteiger partial charge is 0.328 e. The maximum atomic E-state index is 5.84. The van der Waals surface area contributed by atoms with Crippen LogP contribution in [0.4, 0.5) is 0 Å². The lowest BCUT2D eigenvalue weighted by Crippen LogP contribution is -2.17. The Labute approximate surface area is 97.3 Å². The molecular weight excluding hydrogens is 194 g/mol. The van der Waals surface area contributed by atoms with Gasteiger partial charge in [-0.15, -0.1) is 0 Å². The summed E-state index contributed by atoms with van der Waals surface area (Å²) in [6.45, 7) is 4.31. The van der Waals surface area contributed by atoms with E-state index < -0.39 is 0 Å². The van der Waals surface area contributed by atoms with Gasteiger partial charge in [0.1, 0.15) is 0 Å². The SMILES string of the molecule is CC(N)CC(C)c1ccc2ccccc2c1. The van der Waals surface area contributed by atoms with Crippen LogP contribution in [0, 0.1) is 0 Å². The fraction of sp³-hybridized carbons (Fsp3) is 0.333. The zero-order chi connectivity index (χ0) is 11.5. The summed E-state index contributed by atoms with van der Waals surface area (Å²) in [4.78, 5) is 0. The highest BCUT2D eigenvalue weighted by atomic mass is 14.6. The summed E-state index contributed by atoms with van der Waals surface area (Å²) in [5, 5.41) is 2.62. The molecule has 84 valence electrons. The molecule has 2 N–H and O–H groups in total. The molecule has 0 fully saturated rings. The summed E-state index contributed by atoms with van der Waals surface area (Å²) in [5.74, 6) is 0.532. The normalized spacial score (nSPS) is 14.9. The molecule has 2 rings (SSSR count). The Balaban J connectivity index is 2.32. The number of hydrogen-bond donors (Lipinski definition) is 1. The Morgan fingerprint density at radius 2 is 1.69 bits per heavy atom. The molecule has 0 saturated carbocycles. The van der Waals surface area contributed by atoms with E-state index >= 15 is 0 Å². The van der Waals surface area contributed by atoms with Gasteiger partial charge in [-0.3, -0.25) is 0 Å². The molecule has 2 aromatic rings. The molecule has 0 aliphatic carbocycles. The molecule has 2 atom stereocenters. The summed E-state index contributed by atoms with van der Waals surface area (Å²) >= 11 is 0. The first-order valence-corrected chi connectivity index (χ1v) is 5.91. The predicted molar refractivity (Wildman–Crippen MR) is 70.6 cm³/mol. The molecule has 0 saturated heterocycles. The van der Waals surface area contributed by atoms with Gasteiger partial charge in [-0.05, 0) is 35.6 Å². The minimum Gasteiger partial charge on any atom is -0.328 e. The van der Waals surface area contributed by atoms with Crippen molar-refractivity contribution in [2.24, 2.45) is 5.73 Å². The van der Waals surface area contributed by atoms with Gasteiger partial charge in [-0.2, -0.15) is 0 Å². The van der Waals surface area contributed by atoms with Crippen molar-refractivity contribution in [2.45, 2.75) is 32.2 Å². The van der Waals surface area contributed by atoms with Gasteiger partial charge in [0.05, 0.1) is 0 Å². The van der Waals surface area contributed by atoms with Crippen LogP contribution in [-0.4, -0.2) is 6.04 Å². The Kier molecular flexibility index (Phi) is 3.25. The monoisotopic (exact) mass is 213 g/mol. The molecule has 0 amide bonds. The smallest absolute Gasteiger partial charge is 0.00162 e. The van der Waals surface area contributed by atoms with E-state index in [9.17, 15) is 0 Å². The second-order valence-corrected chi connectivity index (χ2v) is 4.72. The van der Waals surface area contributed by atoms with E-state index in [2.05, 4.69) is 56.3 Å². The highest BCUT2D eigenvalue weighted by Gasteiger charge is 2.08. The van der Waals surface area contributed by atoms with E-state index in [1.165, 1.54) is 16.3 Å². The van der Waals surface area contributed by atoms with E-state index in [-0.39, 0.29) is 6.04 Å². The van der Waals surface area contributed by atoms with Gasteiger partial charge < -0.3 is 5.73 Å². The molecule has 2 aromatic carbocycles. The Morgan fingerprint density at radius 3 is 2.38 bits per heavy atom. The first-order valence-electron chi connectivity index (χ1n) is 5.91. The predicted octanol–water partition coefficient (Wildman–Crippen LogP) is 3.68. The number of rotatable bonds is 3. The topological polar surface area (TPSA) is 26.0 Å². The zero-order valence-corrected chi connectivity index (χ0v) is 9.98. The van der Waals surface area contributed by atoms with Crippen molar-refractivity contribution < 1.29 is 0 Å². The first-order chi connectivity index (χ1) is 7.66. The molecule has 2 unspecified atom stereocenters. The Morgan fingerprint density at radius 1 is 1.00 bits per heavy atom. The van der Waals surface area contributed by atoms with Crippen molar-refractivity contribution in [3.63, 3.8) is 0 Å². The Bertz CT molecular complexity index is 474. The Hall–Kier alpha value is -1.34. The van der Waals surface area contributed by atoms with Crippen molar-refractivity contribution in [3.8, 4) is 0 Å². The lowest BCUT2D eigenvalue weighted by Gasteiger charge is -2.15. The summed E-state index contributed by atoms with van der Waals surface area (Å²) in [6.07, 6.45) is 1.04. The van der Waals surface area contributed by atoms with E-state index in [0.29, 0.717) is 5.92 Å². The van der Waals surface area contributed by atoms with Crippen molar-refractivity contribution in [2.75, 3.05) is 0 Å². The molecule has 0 bridgehead atoms. The van der Waals surface area contributed by atoms with Crippen LogP contribution in [0.1, 0.15) is 31.7 Å². The van der Waals surface area contributed by atoms with E-state index in [4.69, 9.17) is 5.73 Å². The minimum absolute atomic E-state index is 0.265. The van der Waals surface area contributed by atoms with Gasteiger partial charge >= 0.3 is 0 Å². The third-order valence-corrected chi connectivity index (χ3v) is 3.07. The quantitative estimate of drug-likeness (QED) is 0.827. The second-order valence-electron chi connectivity index (χ2n) is 4.72. The van der Waals surface area contributed by atoms with Crippen LogP contribution in [0.25, 0.3) is 10.8 Å². The van der Waals surface area contributed by atoms with Crippen molar-refractivity contribution >= 4 is 10.8 Å². The molecule has 1 nitrogen and oxygen atoms in total. The van der Waals surface area contributed by atoms with Crippen LogP contribution in [0.3, 0.4) is 0 Å². The van der Waals surface area contributed by atoms with Crippen LogP contribution in [0.2, 0.25) is 0 Å². The van der Waals surface area contributed by atoms with Gasteiger partial charge in [-0.25, -0.2) is 0 Å². The number of benzene rings is 2. The van der Waals surface area contributed by atoms with E-state index in [0.717, 1.165) is 6.42 Å². The van der Waals surface area contributed by atoms with Crippen molar-refractivity contribution in [1.29, 1.82) is 0 Å². The van der Waals surface area contributed by atoms with Gasteiger partial charge in [0.15, 0.2) is 0 Å². The highest BCUT2D eigenvalue weighted by molar-refractivity contribution is 5.83. The van der Waals surface area contributed by atoms with Crippen LogP contribution >= 0.6 is 0 Å². The second kappa shape index (κ2) is 4.67. The molecule has 0 radical (unpaired) electrons. The van der Waals surface area contributed by atoms with Gasteiger partial charge in [0, 0.05) is 6.04 Å². The molecule has 0 aliphatic heterocycles. The fourth-order valence-corrected chi connectivity index (χ4v) is 2.21. The lowest BCUT2D eigenvalue weighted by molar-refractivity contribution is 0.586. The summed E-state index contributed by atoms with van der Waals surface area (Å²) in [7, 11) is 0. The maximum absolute atomic E-state index is 5.84. The minimum atomic E-state index is 0.265. The van der Waals surface area contributed by atoms with Gasteiger partial charge in [-0.1, -0.05) is 49.4 Å². The summed E-state index contributed by atoms with van der Waals surface area (Å²) < 4.78 is 0. The van der Waals surface area contributed by atoms with Crippen LogP contribution in [0.5, 0.6) is 0 Å². The van der Waals surface area contributed by atoms with E-state index in [1.54, 1.807) is 0 Å². The average Bonchev–Trinajstić information content (AvgIpc) is 2.27. The third kappa shape index (κ3) is 2.42. The molecule has 1 heteroatoms. The molecule has 0 aromatic heterocycles. The molecule has 16 heavy (non-hydrogen) atoms. The molecule has 0 heterocycles. The summed E-state index contributed by atoms with van der Waals surface area (Å²) in [6, 6.07) is 15.4.